The lowest BCUT2D eigenvalue weighted by atomic mass is 9.99. The summed E-state index contributed by atoms with van der Waals surface area (Å²) in [5, 5.41) is 18.6. The van der Waals surface area contributed by atoms with Crippen molar-refractivity contribution in [3.8, 4) is 22.3 Å². The van der Waals surface area contributed by atoms with E-state index >= 15 is 0 Å². The zero-order chi connectivity index (χ0) is 27.8. The van der Waals surface area contributed by atoms with Crippen LogP contribution in [0.2, 0.25) is 0 Å². The second kappa shape index (κ2) is 12.5. The molecule has 0 saturated heterocycles. The Hall–Kier alpha value is -4.34. The van der Waals surface area contributed by atoms with Gasteiger partial charge in [0.15, 0.2) is 0 Å². The van der Waals surface area contributed by atoms with Crippen LogP contribution in [0.5, 0.6) is 0 Å². The van der Waals surface area contributed by atoms with Gasteiger partial charge in [-0.05, 0) is 51.6 Å². The third-order valence-electron chi connectivity index (χ3n) is 5.92. The summed E-state index contributed by atoms with van der Waals surface area (Å²) in [4.78, 5) is 40.1. The Bertz CT molecular complexity index is 1430. The molecule has 4 aromatic carbocycles. The fraction of sp³-hybridized carbons (Fsp3) is 0.161. The predicted molar refractivity (Wildman–Crippen MR) is 144 cm³/mol. The molecule has 0 atom stereocenters. The van der Waals surface area contributed by atoms with Crippen LogP contribution in [0.1, 0.15) is 45.7 Å². The van der Waals surface area contributed by atoms with Crippen LogP contribution in [0.15, 0.2) is 97.1 Å². The van der Waals surface area contributed by atoms with Gasteiger partial charge in [0.2, 0.25) is 5.79 Å². The van der Waals surface area contributed by atoms with Crippen molar-refractivity contribution in [3.63, 3.8) is 0 Å². The minimum atomic E-state index is -1.56. The summed E-state index contributed by atoms with van der Waals surface area (Å²) in [5.74, 6) is -3.69. The fourth-order valence-electron chi connectivity index (χ4n) is 4.02. The highest BCUT2D eigenvalue weighted by Crippen LogP contribution is 2.27. The monoisotopic (exact) mass is 528 g/mol. The summed E-state index contributed by atoms with van der Waals surface area (Å²) in [6, 6.07) is 29.1. The number of benzene rings is 4. The van der Waals surface area contributed by atoms with Crippen molar-refractivity contribution in [2.24, 2.45) is 0 Å². The summed E-state index contributed by atoms with van der Waals surface area (Å²) in [7, 11) is 0. The number of esters is 1. The van der Waals surface area contributed by atoms with E-state index in [4.69, 9.17) is 19.8 Å². The van der Waals surface area contributed by atoms with Gasteiger partial charge in [-0.25, -0.2) is 19.4 Å². The lowest BCUT2D eigenvalue weighted by Crippen LogP contribution is -2.32. The Kier molecular flexibility index (Phi) is 8.85. The maximum Gasteiger partial charge on any atom is 0.341 e. The van der Waals surface area contributed by atoms with Crippen LogP contribution in [-0.2, 0) is 32.6 Å². The molecule has 0 aliphatic rings. The zero-order valence-corrected chi connectivity index (χ0v) is 21.5. The molecule has 0 heterocycles. The van der Waals surface area contributed by atoms with Crippen molar-refractivity contribution in [3.05, 3.63) is 119 Å². The molecule has 0 fully saturated rings. The van der Waals surface area contributed by atoms with Gasteiger partial charge in [-0.1, -0.05) is 78.9 Å². The van der Waals surface area contributed by atoms with Crippen LogP contribution >= 0.6 is 0 Å². The van der Waals surface area contributed by atoms with E-state index in [-0.39, 0.29) is 24.3 Å². The number of carboxylic acids is 1. The Morgan fingerprint density at radius 3 is 1.87 bits per heavy atom. The highest BCUT2D eigenvalue weighted by molar-refractivity contribution is 6.03. The van der Waals surface area contributed by atoms with Crippen LogP contribution in [0.25, 0.3) is 22.3 Å². The summed E-state index contributed by atoms with van der Waals surface area (Å²) < 4.78 is 5.50. The molecule has 8 heteroatoms. The normalized spacial score (nSPS) is 11.3. The third-order valence-corrected chi connectivity index (χ3v) is 5.92. The minimum absolute atomic E-state index is 0.0375. The van der Waals surface area contributed by atoms with E-state index in [1.807, 2.05) is 78.9 Å². The lowest BCUT2D eigenvalue weighted by molar-refractivity contribution is -0.411. The quantitative estimate of drug-likeness (QED) is 0.0952. The van der Waals surface area contributed by atoms with Crippen LogP contribution in [-0.4, -0.2) is 28.1 Å². The van der Waals surface area contributed by atoms with Crippen LogP contribution in [0, 0.1) is 0 Å². The third kappa shape index (κ3) is 7.16. The van der Waals surface area contributed by atoms with Crippen molar-refractivity contribution in [1.29, 1.82) is 0 Å². The summed E-state index contributed by atoms with van der Waals surface area (Å²) in [5.41, 5.74) is 4.48. The van der Waals surface area contributed by atoms with Crippen molar-refractivity contribution in [1.82, 2.24) is 0 Å². The van der Waals surface area contributed by atoms with Gasteiger partial charge in [0.1, 0.15) is 13.2 Å². The van der Waals surface area contributed by atoms with Gasteiger partial charge >= 0.3 is 11.9 Å². The predicted octanol–water partition coefficient (Wildman–Crippen LogP) is 6.75. The summed E-state index contributed by atoms with van der Waals surface area (Å²) in [6.07, 6.45) is 0. The van der Waals surface area contributed by atoms with Gasteiger partial charge < -0.3 is 9.84 Å². The summed E-state index contributed by atoms with van der Waals surface area (Å²) >= 11 is 0. The second-order valence-corrected chi connectivity index (χ2v) is 9.19. The molecule has 0 aromatic heterocycles. The Balaban J connectivity index is 1.48. The van der Waals surface area contributed by atoms with Gasteiger partial charge in [0.25, 0.3) is 0 Å². The van der Waals surface area contributed by atoms with E-state index in [2.05, 4.69) is 4.89 Å². The SMILES string of the molecule is CC(C)(OOCc1cc(-c2ccccc2)ccc1COO)OC(=O)c1cc(-c2ccccc2)ccc1C(=O)O. The molecular weight excluding hydrogens is 500 g/mol. The first-order valence-corrected chi connectivity index (χ1v) is 12.2. The molecular formula is C31H28O8. The molecule has 39 heavy (non-hydrogen) atoms. The highest BCUT2D eigenvalue weighted by atomic mass is 17.2. The molecule has 0 saturated carbocycles. The van der Waals surface area contributed by atoms with E-state index in [0.29, 0.717) is 16.7 Å². The van der Waals surface area contributed by atoms with E-state index in [1.165, 1.54) is 26.0 Å². The number of rotatable bonds is 11. The standard InChI is InChI=1S/C31H28O8/c1-31(2,38-30(34)28-18-24(15-16-27(28)29(32)33)22-11-7-4-8-12-22)39-37-20-26-17-23(13-14-25(26)19-36-35)21-9-5-3-6-10-21/h3-18,35H,19-20H2,1-2H3,(H,32,33). The average Bonchev–Trinajstić information content (AvgIpc) is 2.94. The van der Waals surface area contributed by atoms with E-state index in [9.17, 15) is 14.7 Å². The highest BCUT2D eigenvalue weighted by Gasteiger charge is 2.29. The van der Waals surface area contributed by atoms with E-state index in [0.717, 1.165) is 16.7 Å². The van der Waals surface area contributed by atoms with Crippen LogP contribution in [0.3, 0.4) is 0 Å². The van der Waals surface area contributed by atoms with Crippen molar-refractivity contribution < 1.29 is 39.4 Å². The number of ether oxygens (including phenoxy) is 1. The maximum atomic E-state index is 13.1. The molecule has 4 rings (SSSR count). The van der Waals surface area contributed by atoms with Crippen molar-refractivity contribution >= 4 is 11.9 Å². The number of aromatic carboxylic acids is 1. The van der Waals surface area contributed by atoms with Gasteiger partial charge in [-0.2, -0.15) is 4.89 Å². The van der Waals surface area contributed by atoms with Gasteiger partial charge in [-0.3, -0.25) is 5.26 Å². The van der Waals surface area contributed by atoms with Crippen molar-refractivity contribution in [2.75, 3.05) is 0 Å². The fourth-order valence-corrected chi connectivity index (χ4v) is 4.02. The van der Waals surface area contributed by atoms with Gasteiger partial charge in [0, 0.05) is 13.8 Å². The zero-order valence-electron chi connectivity index (χ0n) is 21.5. The van der Waals surface area contributed by atoms with Crippen LogP contribution in [0.4, 0.5) is 0 Å². The molecule has 0 bridgehead atoms. The van der Waals surface area contributed by atoms with Crippen LogP contribution < -0.4 is 0 Å². The van der Waals surface area contributed by atoms with Gasteiger partial charge in [-0.15, -0.1) is 0 Å². The topological polar surface area (TPSA) is 112 Å². The Morgan fingerprint density at radius 2 is 1.28 bits per heavy atom. The molecule has 2 N–H and O–H groups in total. The minimum Gasteiger partial charge on any atom is -0.478 e. The molecule has 4 aromatic rings. The largest absolute Gasteiger partial charge is 0.478 e. The first kappa shape index (κ1) is 27.7. The first-order valence-electron chi connectivity index (χ1n) is 12.2. The lowest BCUT2D eigenvalue weighted by Gasteiger charge is -2.24. The molecule has 0 radical (unpaired) electrons. The van der Waals surface area contributed by atoms with Gasteiger partial charge in [0.05, 0.1) is 11.1 Å². The Labute approximate surface area is 225 Å². The molecule has 8 nitrogen and oxygen atoms in total. The Morgan fingerprint density at radius 1 is 0.692 bits per heavy atom. The molecule has 0 aliphatic carbocycles. The molecule has 0 amide bonds. The number of carboxylic acid groups (broad SMARTS) is 1. The van der Waals surface area contributed by atoms with E-state index < -0.39 is 17.7 Å². The molecule has 0 spiro atoms. The maximum absolute atomic E-state index is 13.1. The molecule has 0 unspecified atom stereocenters. The van der Waals surface area contributed by atoms with Crippen molar-refractivity contribution in [2.45, 2.75) is 32.8 Å². The number of hydrogen-bond donors (Lipinski definition) is 2. The smallest absolute Gasteiger partial charge is 0.341 e. The molecule has 200 valence electrons. The summed E-state index contributed by atoms with van der Waals surface area (Å²) in [6.45, 7) is 2.86. The number of carbonyl (C=O) groups excluding carboxylic acids is 1. The molecule has 0 aliphatic heterocycles. The van der Waals surface area contributed by atoms with E-state index in [1.54, 1.807) is 6.07 Å². The second-order valence-electron chi connectivity index (χ2n) is 9.19. The number of carbonyl (C=O) groups is 2. The average molecular weight is 529 g/mol. The number of hydrogen-bond acceptors (Lipinski definition) is 7. The first-order chi connectivity index (χ1) is 18.8.